The van der Waals surface area contributed by atoms with Crippen molar-refractivity contribution in [2.75, 3.05) is 6.61 Å². The molecule has 1 unspecified atom stereocenters. The Balaban J connectivity index is 2.06. The van der Waals surface area contributed by atoms with Crippen LogP contribution in [0.3, 0.4) is 0 Å². The van der Waals surface area contributed by atoms with Gasteiger partial charge in [-0.1, -0.05) is 32.0 Å². The summed E-state index contributed by atoms with van der Waals surface area (Å²) in [7, 11) is 0. The van der Waals surface area contributed by atoms with Crippen LogP contribution in [-0.2, 0) is 4.79 Å². The van der Waals surface area contributed by atoms with E-state index in [9.17, 15) is 14.7 Å². The maximum atomic E-state index is 12.5. The molecule has 0 spiro atoms. The second-order valence-corrected chi connectivity index (χ2v) is 7.74. The Kier molecular flexibility index (Phi) is 8.44. The number of benzene rings is 2. The summed E-state index contributed by atoms with van der Waals surface area (Å²) in [4.78, 5) is 24.9. The van der Waals surface area contributed by atoms with Crippen molar-refractivity contribution in [3.63, 3.8) is 0 Å². The fraction of sp³-hybridized carbons (Fsp3) is 0.286. The van der Waals surface area contributed by atoms with Crippen molar-refractivity contribution in [2.45, 2.75) is 26.8 Å². The highest BCUT2D eigenvalue weighted by Crippen LogP contribution is 2.32. The molecule has 2 aromatic carbocycles. The average molecular weight is 509 g/mol. The molecule has 0 heterocycles. The molecule has 2 rings (SSSR count). The number of amides is 2. The minimum absolute atomic E-state index is 0.0668. The minimum atomic E-state index is -0.737. The predicted molar refractivity (Wildman–Crippen MR) is 120 cm³/mol. The zero-order chi connectivity index (χ0) is 21.4. The smallest absolute Gasteiger partial charge is 0.262 e. The van der Waals surface area contributed by atoms with E-state index in [0.29, 0.717) is 27.1 Å². The summed E-state index contributed by atoms with van der Waals surface area (Å²) < 4.78 is 6.00. The number of nitrogens with one attached hydrogen (secondary N) is 2. The molecule has 1 atom stereocenters. The van der Waals surface area contributed by atoms with Crippen molar-refractivity contribution in [3.05, 3.63) is 57.2 Å². The molecule has 29 heavy (non-hydrogen) atoms. The van der Waals surface area contributed by atoms with Crippen molar-refractivity contribution in [3.8, 4) is 11.5 Å². The molecule has 0 bridgehead atoms. The van der Waals surface area contributed by atoms with Gasteiger partial charge < -0.3 is 15.2 Å². The third-order valence-corrected chi connectivity index (χ3v) is 4.83. The number of rotatable bonds is 8. The van der Waals surface area contributed by atoms with Gasteiger partial charge in [-0.05, 0) is 65.3 Å². The van der Waals surface area contributed by atoms with Crippen molar-refractivity contribution < 1.29 is 19.4 Å². The molecule has 0 saturated heterocycles. The molecule has 7 nitrogen and oxygen atoms in total. The van der Waals surface area contributed by atoms with E-state index in [0.717, 1.165) is 0 Å². The average Bonchev–Trinajstić information content (AvgIpc) is 2.70. The van der Waals surface area contributed by atoms with Gasteiger partial charge in [0.05, 0.1) is 16.4 Å². The predicted octanol–water partition coefficient (Wildman–Crippen LogP) is 3.30. The van der Waals surface area contributed by atoms with E-state index in [1.807, 2.05) is 49.4 Å². The largest absolute Gasteiger partial charge is 0.504 e. The molecular formula is C21H24IN3O4. The van der Waals surface area contributed by atoms with Crippen LogP contribution in [0.1, 0.15) is 36.7 Å². The van der Waals surface area contributed by atoms with Gasteiger partial charge in [-0.25, -0.2) is 5.43 Å². The zero-order valence-corrected chi connectivity index (χ0v) is 18.6. The van der Waals surface area contributed by atoms with Gasteiger partial charge in [0.25, 0.3) is 11.8 Å². The van der Waals surface area contributed by atoms with Crippen LogP contribution in [0.2, 0.25) is 0 Å². The molecule has 154 valence electrons. The zero-order valence-electron chi connectivity index (χ0n) is 16.5. The first-order valence-electron chi connectivity index (χ1n) is 9.17. The van der Waals surface area contributed by atoms with Crippen LogP contribution in [0.25, 0.3) is 0 Å². The lowest BCUT2D eigenvalue weighted by Gasteiger charge is -2.20. The molecule has 3 N–H and O–H groups in total. The van der Waals surface area contributed by atoms with Crippen LogP contribution >= 0.6 is 22.6 Å². The number of ether oxygens (including phenoxy) is 1. The molecular weight excluding hydrogens is 485 g/mol. The number of aromatic hydroxyl groups is 1. The fourth-order valence-corrected chi connectivity index (χ4v) is 3.15. The molecule has 0 fully saturated rings. The summed E-state index contributed by atoms with van der Waals surface area (Å²) >= 11 is 1.99. The number of hydrogen-bond donors (Lipinski definition) is 3. The van der Waals surface area contributed by atoms with Crippen LogP contribution < -0.4 is 15.5 Å². The number of nitrogens with zero attached hydrogens (tertiary/aromatic N) is 1. The topological polar surface area (TPSA) is 100 Å². The summed E-state index contributed by atoms with van der Waals surface area (Å²) in [6.45, 7) is 5.92. The Morgan fingerprint density at radius 2 is 1.93 bits per heavy atom. The van der Waals surface area contributed by atoms with Crippen LogP contribution in [0.5, 0.6) is 11.5 Å². The maximum Gasteiger partial charge on any atom is 0.262 e. The number of hydrazone groups is 1. The van der Waals surface area contributed by atoms with Crippen molar-refractivity contribution >= 4 is 40.6 Å². The Morgan fingerprint density at radius 1 is 1.24 bits per heavy atom. The first kappa shape index (κ1) is 22.7. The van der Waals surface area contributed by atoms with Gasteiger partial charge in [-0.2, -0.15) is 5.10 Å². The lowest BCUT2D eigenvalue weighted by Crippen LogP contribution is -2.48. The third-order valence-electron chi connectivity index (χ3n) is 4.01. The van der Waals surface area contributed by atoms with E-state index in [1.165, 1.54) is 6.21 Å². The van der Waals surface area contributed by atoms with Crippen LogP contribution in [0.4, 0.5) is 0 Å². The van der Waals surface area contributed by atoms with Crippen LogP contribution in [-0.4, -0.2) is 35.8 Å². The Labute approximate surface area is 183 Å². The number of carbonyl (C=O) groups is 2. The maximum absolute atomic E-state index is 12.5. The van der Waals surface area contributed by atoms with Gasteiger partial charge in [0, 0.05) is 5.56 Å². The third kappa shape index (κ3) is 6.45. The highest BCUT2D eigenvalue weighted by atomic mass is 127. The molecule has 0 radical (unpaired) electrons. The number of carbonyl (C=O) groups excluding carboxylic acids is 2. The van der Waals surface area contributed by atoms with Gasteiger partial charge >= 0.3 is 0 Å². The molecule has 0 aliphatic carbocycles. The second-order valence-electron chi connectivity index (χ2n) is 6.58. The highest BCUT2D eigenvalue weighted by molar-refractivity contribution is 14.1. The molecule has 0 aromatic heterocycles. The molecule has 0 saturated carbocycles. The molecule has 2 aromatic rings. The highest BCUT2D eigenvalue weighted by Gasteiger charge is 2.24. The normalized spacial score (nSPS) is 12.0. The van der Waals surface area contributed by atoms with Crippen LogP contribution in [0, 0.1) is 9.49 Å². The van der Waals surface area contributed by atoms with Gasteiger partial charge in [-0.3, -0.25) is 9.59 Å². The summed E-state index contributed by atoms with van der Waals surface area (Å²) in [6.07, 6.45) is 1.46. The molecule has 2 amide bonds. The number of phenols is 1. The summed E-state index contributed by atoms with van der Waals surface area (Å²) in [5.41, 5.74) is 3.61. The summed E-state index contributed by atoms with van der Waals surface area (Å²) in [5, 5.41) is 16.7. The van der Waals surface area contributed by atoms with E-state index in [2.05, 4.69) is 15.8 Å². The lowest BCUT2D eigenvalue weighted by molar-refractivity contribution is -0.123. The standard InChI is InChI=1S/C21H24IN3O4/c1-4-29-17-11-14(10-16(22)19(17)26)12-23-25-21(28)18(13(2)3)24-20(27)15-8-6-5-7-9-15/h5-13,18,26H,4H2,1-3H3,(H,24,27)(H,25,28). The van der Waals surface area contributed by atoms with E-state index in [-0.39, 0.29) is 17.6 Å². The summed E-state index contributed by atoms with van der Waals surface area (Å²) in [6, 6.07) is 11.3. The Bertz CT molecular complexity index is 885. The number of phenolic OH excluding ortho intramolecular Hbond substituents is 1. The molecule has 8 heteroatoms. The Morgan fingerprint density at radius 3 is 2.55 bits per heavy atom. The monoisotopic (exact) mass is 509 g/mol. The fourth-order valence-electron chi connectivity index (χ4n) is 2.52. The number of hydrogen-bond acceptors (Lipinski definition) is 5. The van der Waals surface area contributed by atoms with Gasteiger partial charge in [0.2, 0.25) is 0 Å². The van der Waals surface area contributed by atoms with E-state index in [4.69, 9.17) is 4.74 Å². The van der Waals surface area contributed by atoms with Crippen molar-refractivity contribution in [1.82, 2.24) is 10.7 Å². The first-order chi connectivity index (χ1) is 13.8. The number of halogens is 1. The van der Waals surface area contributed by atoms with Gasteiger partial charge in [-0.15, -0.1) is 0 Å². The molecule has 0 aliphatic rings. The van der Waals surface area contributed by atoms with Gasteiger partial charge in [0.1, 0.15) is 6.04 Å². The van der Waals surface area contributed by atoms with E-state index >= 15 is 0 Å². The van der Waals surface area contributed by atoms with Crippen molar-refractivity contribution in [2.24, 2.45) is 11.0 Å². The van der Waals surface area contributed by atoms with Crippen molar-refractivity contribution in [1.29, 1.82) is 0 Å². The Hall–Kier alpha value is -2.62. The van der Waals surface area contributed by atoms with Gasteiger partial charge in [0.15, 0.2) is 11.5 Å². The second kappa shape index (κ2) is 10.8. The van der Waals surface area contributed by atoms with E-state index in [1.54, 1.807) is 36.4 Å². The molecule has 0 aliphatic heterocycles. The summed E-state index contributed by atoms with van der Waals surface area (Å²) in [5.74, 6) is -0.451. The first-order valence-corrected chi connectivity index (χ1v) is 10.3. The SMILES string of the molecule is CCOc1cc(C=NNC(=O)C(NC(=O)c2ccccc2)C(C)C)cc(I)c1O. The lowest BCUT2D eigenvalue weighted by atomic mass is 10.0. The minimum Gasteiger partial charge on any atom is -0.504 e. The van der Waals surface area contributed by atoms with Crippen LogP contribution in [0.15, 0.2) is 47.6 Å². The quantitative estimate of drug-likeness (QED) is 0.289. The van der Waals surface area contributed by atoms with E-state index < -0.39 is 11.9 Å².